The van der Waals surface area contributed by atoms with E-state index in [-0.39, 0.29) is 0 Å². The molecule has 4 nitrogen and oxygen atoms in total. The second kappa shape index (κ2) is 5.15. The smallest absolute Gasteiger partial charge is 0.345 e. The minimum atomic E-state index is 0.761. The zero-order chi connectivity index (χ0) is 14.9. The van der Waals surface area contributed by atoms with E-state index < -0.39 is 0 Å². The number of anilines is 1. The molecule has 0 bridgehead atoms. The highest BCUT2D eigenvalue weighted by Gasteiger charge is 2.17. The van der Waals surface area contributed by atoms with E-state index in [4.69, 9.17) is 4.98 Å². The van der Waals surface area contributed by atoms with E-state index in [0.29, 0.717) is 0 Å². The van der Waals surface area contributed by atoms with Gasteiger partial charge in [-0.1, -0.05) is 42.5 Å². The van der Waals surface area contributed by atoms with E-state index in [1.54, 1.807) is 0 Å². The van der Waals surface area contributed by atoms with Crippen LogP contribution in [-0.4, -0.2) is 10.1 Å². The van der Waals surface area contributed by atoms with Crippen LogP contribution in [-0.2, 0) is 6.54 Å². The monoisotopic (exact) mass is 289 g/mol. The second-order valence-electron chi connectivity index (χ2n) is 5.45. The maximum atomic E-state index is 4.76. The lowest BCUT2D eigenvalue weighted by molar-refractivity contribution is -0.551. The number of aromatic amines is 1. The molecular formula is C18H17N4+. The van der Waals surface area contributed by atoms with Crippen molar-refractivity contribution >= 4 is 22.4 Å². The Morgan fingerprint density at radius 1 is 1.05 bits per heavy atom. The first-order chi connectivity index (χ1) is 10.8. The Kier molecular flexibility index (Phi) is 3.00. The number of aromatic nitrogens is 3. The van der Waals surface area contributed by atoms with Gasteiger partial charge in [0.1, 0.15) is 0 Å². The molecule has 0 saturated heterocycles. The Hall–Kier alpha value is -2.88. The van der Waals surface area contributed by atoms with Gasteiger partial charge in [-0.05, 0) is 29.6 Å². The van der Waals surface area contributed by atoms with Gasteiger partial charge < -0.3 is 5.32 Å². The summed E-state index contributed by atoms with van der Waals surface area (Å²) in [6.07, 6.45) is 0. The summed E-state index contributed by atoms with van der Waals surface area (Å²) in [5.74, 6) is 0.915. The fourth-order valence-electron chi connectivity index (χ4n) is 2.75. The van der Waals surface area contributed by atoms with Crippen molar-refractivity contribution in [2.75, 3.05) is 5.32 Å². The predicted octanol–water partition coefficient (Wildman–Crippen LogP) is 3.22. The number of rotatable bonds is 3. The van der Waals surface area contributed by atoms with Crippen molar-refractivity contribution in [3.8, 4) is 0 Å². The third-order valence-corrected chi connectivity index (χ3v) is 3.79. The van der Waals surface area contributed by atoms with Gasteiger partial charge >= 0.3 is 5.65 Å². The molecule has 4 aromatic rings. The van der Waals surface area contributed by atoms with E-state index in [1.165, 1.54) is 5.56 Å². The first-order valence-corrected chi connectivity index (χ1v) is 7.39. The molecule has 0 aliphatic rings. The van der Waals surface area contributed by atoms with Crippen LogP contribution in [0.5, 0.6) is 0 Å². The molecule has 2 heterocycles. The van der Waals surface area contributed by atoms with Gasteiger partial charge in [0.15, 0.2) is 5.52 Å². The summed E-state index contributed by atoms with van der Waals surface area (Å²) in [5, 5.41) is 7.90. The van der Waals surface area contributed by atoms with Crippen molar-refractivity contribution in [1.82, 2.24) is 10.1 Å². The minimum Gasteiger partial charge on any atom is -0.345 e. The zero-order valence-electron chi connectivity index (χ0n) is 12.4. The average Bonchev–Trinajstić information content (AvgIpc) is 2.94. The number of aryl methyl sites for hydroxylation is 1. The number of hydrogen-bond donors (Lipinski definition) is 2. The lowest BCUT2D eigenvalue weighted by Gasteiger charge is -2.04. The third kappa shape index (κ3) is 2.19. The largest absolute Gasteiger partial charge is 0.351 e. The Morgan fingerprint density at radius 3 is 2.68 bits per heavy atom. The fourth-order valence-corrected chi connectivity index (χ4v) is 2.75. The van der Waals surface area contributed by atoms with Crippen LogP contribution in [0.1, 0.15) is 11.3 Å². The van der Waals surface area contributed by atoms with Crippen LogP contribution >= 0.6 is 0 Å². The number of benzene rings is 2. The van der Waals surface area contributed by atoms with Crippen molar-refractivity contribution in [2.24, 2.45) is 0 Å². The Labute approximate surface area is 128 Å². The van der Waals surface area contributed by atoms with E-state index in [0.717, 1.165) is 34.6 Å². The van der Waals surface area contributed by atoms with Crippen molar-refractivity contribution in [3.05, 3.63) is 71.9 Å². The van der Waals surface area contributed by atoms with E-state index in [9.17, 15) is 0 Å². The third-order valence-electron chi connectivity index (χ3n) is 3.79. The molecule has 0 amide bonds. The van der Waals surface area contributed by atoms with E-state index >= 15 is 0 Å². The first kappa shape index (κ1) is 12.8. The average molecular weight is 289 g/mol. The number of hydrogen-bond acceptors (Lipinski definition) is 2. The highest BCUT2D eigenvalue weighted by molar-refractivity contribution is 5.87. The second-order valence-corrected chi connectivity index (χ2v) is 5.45. The van der Waals surface area contributed by atoms with Crippen LogP contribution < -0.4 is 9.83 Å². The number of para-hydroxylation sites is 1. The molecule has 108 valence electrons. The number of nitrogens with zero attached hydrogens (tertiary/aromatic N) is 2. The molecule has 2 aromatic heterocycles. The highest BCUT2D eigenvalue weighted by atomic mass is 15.3. The number of nitrogens with one attached hydrogen (secondary N) is 2. The molecule has 0 radical (unpaired) electrons. The number of H-pyrrole nitrogens is 1. The van der Waals surface area contributed by atoms with E-state index in [1.807, 2.05) is 29.6 Å². The molecule has 0 atom stereocenters. The van der Waals surface area contributed by atoms with Crippen molar-refractivity contribution in [2.45, 2.75) is 13.5 Å². The first-order valence-electron chi connectivity index (χ1n) is 7.39. The van der Waals surface area contributed by atoms with E-state index in [2.05, 4.69) is 52.9 Å². The van der Waals surface area contributed by atoms with Gasteiger partial charge in [-0.2, -0.15) is 0 Å². The van der Waals surface area contributed by atoms with Gasteiger partial charge in [-0.25, -0.2) is 5.10 Å². The van der Waals surface area contributed by atoms with Gasteiger partial charge in [-0.3, -0.25) is 0 Å². The molecule has 0 aliphatic carbocycles. The van der Waals surface area contributed by atoms with Gasteiger partial charge in [0.25, 0.3) is 5.82 Å². The molecule has 0 fully saturated rings. The summed E-state index contributed by atoms with van der Waals surface area (Å²) in [6, 6.07) is 20.7. The molecule has 2 aromatic carbocycles. The van der Waals surface area contributed by atoms with Gasteiger partial charge in [-0.15, -0.1) is 4.52 Å². The lowest BCUT2D eigenvalue weighted by Crippen LogP contribution is -2.26. The Balaban J connectivity index is 1.81. The molecule has 4 heteroatoms. The molecule has 0 aliphatic heterocycles. The zero-order valence-corrected chi connectivity index (χ0v) is 12.4. The molecule has 0 unspecified atom stereocenters. The van der Waals surface area contributed by atoms with Crippen LogP contribution in [0, 0.1) is 6.92 Å². The summed E-state index contributed by atoms with van der Waals surface area (Å²) in [6.45, 7) is 2.80. The van der Waals surface area contributed by atoms with Crippen molar-refractivity contribution < 1.29 is 4.52 Å². The fraction of sp³-hybridized carbons (Fsp3) is 0.111. The van der Waals surface area contributed by atoms with Gasteiger partial charge in [0, 0.05) is 6.54 Å². The maximum absolute atomic E-state index is 4.76. The lowest BCUT2D eigenvalue weighted by atomic mass is 10.2. The molecule has 4 rings (SSSR count). The summed E-state index contributed by atoms with van der Waals surface area (Å²) >= 11 is 0. The maximum Gasteiger partial charge on any atom is 0.351 e. The topological polar surface area (TPSA) is 44.8 Å². The van der Waals surface area contributed by atoms with Gasteiger partial charge in [0.05, 0.1) is 17.1 Å². The van der Waals surface area contributed by atoms with Crippen LogP contribution in [0.15, 0.2) is 60.7 Å². The van der Waals surface area contributed by atoms with Crippen LogP contribution in [0.2, 0.25) is 0 Å². The Morgan fingerprint density at radius 2 is 1.82 bits per heavy atom. The molecule has 0 saturated carbocycles. The quantitative estimate of drug-likeness (QED) is 0.569. The standard InChI is InChI=1S/C18H16N4/c1-13-11-17-20-18(19-12-14-7-3-2-4-8-14)15-9-5-6-10-16(15)22(17)21-13/h2-11H,12H2,1H3,(H,19,20,21)/p+1. The van der Waals surface area contributed by atoms with Crippen LogP contribution in [0.4, 0.5) is 5.82 Å². The summed E-state index contributed by atoms with van der Waals surface area (Å²) in [5.41, 5.74) is 4.38. The van der Waals surface area contributed by atoms with Crippen molar-refractivity contribution in [1.29, 1.82) is 0 Å². The molecular weight excluding hydrogens is 272 g/mol. The van der Waals surface area contributed by atoms with Crippen LogP contribution in [0.3, 0.4) is 0 Å². The summed E-state index contributed by atoms with van der Waals surface area (Å²) in [7, 11) is 0. The molecule has 2 N–H and O–H groups in total. The van der Waals surface area contributed by atoms with Crippen LogP contribution in [0.25, 0.3) is 16.6 Å². The Bertz CT molecular complexity index is 941. The minimum absolute atomic E-state index is 0.761. The summed E-state index contributed by atoms with van der Waals surface area (Å²) < 4.78 is 2.03. The highest BCUT2D eigenvalue weighted by Crippen LogP contribution is 2.20. The number of fused-ring (bicyclic) bond motifs is 3. The SMILES string of the molecule is Cc1cc2nc(NCc3ccccc3)c3ccccc3[n+]2[nH]1. The van der Waals surface area contributed by atoms with Gasteiger partial charge in [0.2, 0.25) is 0 Å². The normalized spacial score (nSPS) is 11.1. The summed E-state index contributed by atoms with van der Waals surface area (Å²) in [4.78, 5) is 4.76. The predicted molar refractivity (Wildman–Crippen MR) is 87.8 cm³/mol. The molecule has 0 spiro atoms. The van der Waals surface area contributed by atoms with Crippen molar-refractivity contribution in [3.63, 3.8) is 0 Å². The molecule has 22 heavy (non-hydrogen) atoms.